The van der Waals surface area contributed by atoms with Crippen LogP contribution < -0.4 is 0 Å². The van der Waals surface area contributed by atoms with E-state index in [9.17, 15) is 9.90 Å². The van der Waals surface area contributed by atoms with E-state index in [0.717, 1.165) is 44.3 Å². The Labute approximate surface area is 158 Å². The first kappa shape index (κ1) is 19.0. The lowest BCUT2D eigenvalue weighted by molar-refractivity contribution is -0.127. The van der Waals surface area contributed by atoms with Gasteiger partial charge >= 0.3 is 0 Å². The van der Waals surface area contributed by atoms with Crippen molar-refractivity contribution in [3.8, 4) is 0 Å². The number of hydrogen-bond donors (Lipinski definition) is 1. The monoisotopic (exact) mass is 384 g/mol. The van der Waals surface area contributed by atoms with Gasteiger partial charge in [0.05, 0.1) is 19.0 Å². The van der Waals surface area contributed by atoms with Crippen molar-refractivity contribution in [2.75, 3.05) is 58.3 Å². The Balaban J connectivity index is 1.49. The summed E-state index contributed by atoms with van der Waals surface area (Å²) in [7, 11) is 0. The van der Waals surface area contributed by atoms with Crippen LogP contribution in [0.15, 0.2) is 29.2 Å². The normalized spacial score (nSPS) is 24.6. The molecule has 2 aliphatic heterocycles. The van der Waals surface area contributed by atoms with Gasteiger partial charge in [-0.2, -0.15) is 0 Å². The molecule has 138 valence electrons. The van der Waals surface area contributed by atoms with E-state index in [1.165, 1.54) is 11.8 Å². The number of morpholine rings is 1. The van der Waals surface area contributed by atoms with Crippen LogP contribution >= 0.6 is 23.4 Å². The van der Waals surface area contributed by atoms with Gasteiger partial charge in [-0.05, 0) is 30.2 Å². The Hall–Kier alpha value is -0.790. The van der Waals surface area contributed by atoms with E-state index in [1.807, 2.05) is 29.2 Å². The summed E-state index contributed by atoms with van der Waals surface area (Å²) in [4.78, 5) is 17.9. The third-order valence-corrected chi connectivity index (χ3v) is 6.18. The standard InChI is InChI=1S/C18H25ClN2O3S/c19-16-1-3-17(4-2-16)25-13-18(23)21-10-14(15(11-21)12-22)9-20-5-7-24-8-6-20/h1-4,14-15,22H,5-13H2/t14-,15-/m1/s1. The molecule has 3 rings (SSSR count). The van der Waals surface area contributed by atoms with Gasteiger partial charge < -0.3 is 14.7 Å². The van der Waals surface area contributed by atoms with Gasteiger partial charge in [0, 0.05) is 55.2 Å². The lowest BCUT2D eigenvalue weighted by Crippen LogP contribution is -2.41. The number of ether oxygens (including phenoxy) is 1. The molecule has 0 bridgehead atoms. The van der Waals surface area contributed by atoms with E-state index in [2.05, 4.69) is 4.90 Å². The van der Waals surface area contributed by atoms with Crippen LogP contribution in [0.4, 0.5) is 0 Å². The molecule has 25 heavy (non-hydrogen) atoms. The Kier molecular flexibility index (Phi) is 7.01. The van der Waals surface area contributed by atoms with E-state index < -0.39 is 0 Å². The number of halogens is 1. The van der Waals surface area contributed by atoms with Crippen molar-refractivity contribution in [1.82, 2.24) is 9.80 Å². The van der Waals surface area contributed by atoms with Crippen molar-refractivity contribution in [1.29, 1.82) is 0 Å². The highest BCUT2D eigenvalue weighted by atomic mass is 35.5. The second-order valence-electron chi connectivity index (χ2n) is 6.66. The average Bonchev–Trinajstić information content (AvgIpc) is 3.05. The van der Waals surface area contributed by atoms with Gasteiger partial charge in [-0.1, -0.05) is 11.6 Å². The summed E-state index contributed by atoms with van der Waals surface area (Å²) < 4.78 is 5.39. The first-order chi connectivity index (χ1) is 12.2. The van der Waals surface area contributed by atoms with E-state index >= 15 is 0 Å². The maximum atomic E-state index is 12.5. The molecule has 2 heterocycles. The topological polar surface area (TPSA) is 53.0 Å². The largest absolute Gasteiger partial charge is 0.396 e. The molecule has 0 aliphatic carbocycles. The van der Waals surface area contributed by atoms with Gasteiger partial charge in [0.2, 0.25) is 5.91 Å². The zero-order valence-electron chi connectivity index (χ0n) is 14.3. The fraction of sp³-hybridized carbons (Fsp3) is 0.611. The van der Waals surface area contributed by atoms with E-state index in [-0.39, 0.29) is 18.4 Å². The molecule has 1 aromatic rings. The van der Waals surface area contributed by atoms with Crippen molar-refractivity contribution < 1.29 is 14.6 Å². The first-order valence-corrected chi connectivity index (χ1v) is 10.1. The number of aliphatic hydroxyl groups excluding tert-OH is 1. The summed E-state index contributed by atoms with van der Waals surface area (Å²) in [5.41, 5.74) is 0. The van der Waals surface area contributed by atoms with E-state index in [0.29, 0.717) is 23.2 Å². The van der Waals surface area contributed by atoms with Gasteiger partial charge in [-0.15, -0.1) is 11.8 Å². The Morgan fingerprint density at radius 2 is 1.88 bits per heavy atom. The highest BCUT2D eigenvalue weighted by Gasteiger charge is 2.35. The molecular formula is C18H25ClN2O3S. The first-order valence-electron chi connectivity index (χ1n) is 8.73. The van der Waals surface area contributed by atoms with Gasteiger partial charge in [0.1, 0.15) is 0 Å². The van der Waals surface area contributed by atoms with Crippen molar-refractivity contribution in [3.63, 3.8) is 0 Å². The van der Waals surface area contributed by atoms with Gasteiger partial charge in [0.15, 0.2) is 0 Å². The quantitative estimate of drug-likeness (QED) is 0.758. The number of carbonyl (C=O) groups excluding carboxylic acids is 1. The fourth-order valence-corrected chi connectivity index (χ4v) is 4.37. The van der Waals surface area contributed by atoms with Crippen molar-refractivity contribution in [3.05, 3.63) is 29.3 Å². The molecule has 5 nitrogen and oxygen atoms in total. The highest BCUT2D eigenvalue weighted by molar-refractivity contribution is 8.00. The van der Waals surface area contributed by atoms with Crippen LogP contribution in [0.5, 0.6) is 0 Å². The number of thioether (sulfide) groups is 1. The van der Waals surface area contributed by atoms with Crippen molar-refractivity contribution in [2.24, 2.45) is 11.8 Å². The number of nitrogens with zero attached hydrogens (tertiary/aromatic N) is 2. The molecule has 2 aliphatic rings. The Morgan fingerprint density at radius 1 is 1.20 bits per heavy atom. The molecule has 2 atom stereocenters. The van der Waals surface area contributed by atoms with Crippen LogP contribution in [-0.4, -0.2) is 79.1 Å². The predicted molar refractivity (Wildman–Crippen MR) is 100 cm³/mol. The highest BCUT2D eigenvalue weighted by Crippen LogP contribution is 2.26. The molecule has 0 saturated carbocycles. The summed E-state index contributed by atoms with van der Waals surface area (Å²) in [6.07, 6.45) is 0. The fourth-order valence-electron chi connectivity index (χ4n) is 3.44. The third kappa shape index (κ3) is 5.34. The lowest BCUT2D eigenvalue weighted by Gasteiger charge is -2.30. The summed E-state index contributed by atoms with van der Waals surface area (Å²) >= 11 is 7.42. The summed E-state index contributed by atoms with van der Waals surface area (Å²) in [6.45, 7) is 5.90. The van der Waals surface area contributed by atoms with Crippen LogP contribution in [0.3, 0.4) is 0 Å². The zero-order valence-corrected chi connectivity index (χ0v) is 15.8. The van der Waals surface area contributed by atoms with Crippen LogP contribution in [-0.2, 0) is 9.53 Å². The van der Waals surface area contributed by atoms with Crippen LogP contribution in [0, 0.1) is 11.8 Å². The molecule has 2 fully saturated rings. The SMILES string of the molecule is O=C(CSc1ccc(Cl)cc1)N1C[C@@H](CN2CCOCC2)[C@@H](CO)C1. The number of carbonyl (C=O) groups is 1. The molecule has 0 spiro atoms. The summed E-state index contributed by atoms with van der Waals surface area (Å²) in [5.74, 6) is 1.08. The lowest BCUT2D eigenvalue weighted by atomic mass is 9.96. The average molecular weight is 385 g/mol. The van der Waals surface area contributed by atoms with Gasteiger partial charge in [-0.3, -0.25) is 9.69 Å². The molecule has 0 aromatic heterocycles. The zero-order chi connectivity index (χ0) is 17.6. The second-order valence-corrected chi connectivity index (χ2v) is 8.14. The molecular weight excluding hydrogens is 360 g/mol. The molecule has 1 amide bonds. The van der Waals surface area contributed by atoms with Gasteiger partial charge in [-0.25, -0.2) is 0 Å². The summed E-state index contributed by atoms with van der Waals surface area (Å²) in [5, 5.41) is 10.4. The minimum atomic E-state index is 0.142. The van der Waals surface area contributed by atoms with Gasteiger partial charge in [0.25, 0.3) is 0 Å². The molecule has 7 heteroatoms. The van der Waals surface area contributed by atoms with E-state index in [1.54, 1.807) is 0 Å². The number of amides is 1. The second kappa shape index (κ2) is 9.24. The Bertz CT molecular complexity index is 566. The number of likely N-dealkylation sites (tertiary alicyclic amines) is 1. The molecule has 0 unspecified atom stereocenters. The summed E-state index contributed by atoms with van der Waals surface area (Å²) in [6, 6.07) is 7.54. The number of benzene rings is 1. The van der Waals surface area contributed by atoms with Crippen LogP contribution in [0.2, 0.25) is 5.02 Å². The minimum Gasteiger partial charge on any atom is -0.396 e. The van der Waals surface area contributed by atoms with Crippen molar-refractivity contribution in [2.45, 2.75) is 4.90 Å². The predicted octanol–water partition coefficient (Wildman–Crippen LogP) is 1.83. The maximum absolute atomic E-state index is 12.5. The third-order valence-electron chi connectivity index (χ3n) is 4.94. The number of hydrogen-bond acceptors (Lipinski definition) is 5. The van der Waals surface area contributed by atoms with Crippen LogP contribution in [0.1, 0.15) is 0 Å². The number of aliphatic hydroxyl groups is 1. The number of rotatable bonds is 6. The molecule has 2 saturated heterocycles. The van der Waals surface area contributed by atoms with E-state index in [4.69, 9.17) is 16.3 Å². The van der Waals surface area contributed by atoms with Crippen molar-refractivity contribution >= 4 is 29.3 Å². The maximum Gasteiger partial charge on any atom is 0.232 e. The smallest absolute Gasteiger partial charge is 0.232 e. The minimum absolute atomic E-state index is 0.142. The molecule has 0 radical (unpaired) electrons. The molecule has 1 N–H and O–H groups in total. The van der Waals surface area contributed by atoms with Crippen LogP contribution in [0.25, 0.3) is 0 Å². The molecule has 1 aromatic carbocycles. The Morgan fingerprint density at radius 3 is 2.56 bits per heavy atom.